The van der Waals surface area contributed by atoms with Gasteiger partial charge >= 0.3 is 11.9 Å². The lowest BCUT2D eigenvalue weighted by atomic mass is 9.90. The molecule has 0 aliphatic rings. The number of aromatic carboxylic acids is 2. The van der Waals surface area contributed by atoms with Crippen molar-refractivity contribution in [2.24, 2.45) is 0 Å². The van der Waals surface area contributed by atoms with Crippen molar-refractivity contribution in [3.05, 3.63) is 71.8 Å². The first kappa shape index (κ1) is 17.0. The molecular formula is C20H16N2O4. The number of hydrogen-bond acceptors (Lipinski definition) is 4. The summed E-state index contributed by atoms with van der Waals surface area (Å²) >= 11 is 0. The van der Waals surface area contributed by atoms with Gasteiger partial charge in [-0.25, -0.2) is 9.59 Å². The Morgan fingerprint density at radius 1 is 0.615 bits per heavy atom. The quantitative estimate of drug-likeness (QED) is 0.534. The van der Waals surface area contributed by atoms with Crippen LogP contribution in [0.15, 0.2) is 60.7 Å². The Kier molecular flexibility index (Phi) is 4.33. The molecule has 0 unspecified atom stereocenters. The zero-order valence-electron chi connectivity index (χ0n) is 13.6. The van der Waals surface area contributed by atoms with Gasteiger partial charge in [0, 0.05) is 11.4 Å². The molecule has 0 saturated heterocycles. The molecule has 3 rings (SSSR count). The lowest BCUT2D eigenvalue weighted by molar-refractivity contribution is 0.0696. The van der Waals surface area contributed by atoms with E-state index in [1.54, 1.807) is 54.6 Å². The Bertz CT molecular complexity index is 915. The summed E-state index contributed by atoms with van der Waals surface area (Å²) in [4.78, 5) is 23.4. The lowest BCUT2D eigenvalue weighted by Crippen LogP contribution is -2.07. The first-order valence-electron chi connectivity index (χ1n) is 7.73. The highest BCUT2D eigenvalue weighted by molar-refractivity contribution is 6.04. The SMILES string of the molecule is Nc1ccc(-c2cc(-c3ccc(N)cc3)c(C(=O)O)cc2C(=O)O)cc1. The second-order valence-electron chi connectivity index (χ2n) is 5.80. The summed E-state index contributed by atoms with van der Waals surface area (Å²) in [5, 5.41) is 19.1. The minimum atomic E-state index is -1.21. The van der Waals surface area contributed by atoms with Crippen LogP contribution in [0, 0.1) is 0 Å². The van der Waals surface area contributed by atoms with Crippen LogP contribution in [0.3, 0.4) is 0 Å². The number of rotatable bonds is 4. The predicted octanol–water partition coefficient (Wildman–Crippen LogP) is 3.58. The van der Waals surface area contributed by atoms with Crippen LogP contribution in [0.25, 0.3) is 22.3 Å². The first-order valence-corrected chi connectivity index (χ1v) is 7.73. The van der Waals surface area contributed by atoms with Gasteiger partial charge in [0.2, 0.25) is 0 Å². The van der Waals surface area contributed by atoms with Crippen LogP contribution in [0.4, 0.5) is 11.4 Å². The van der Waals surface area contributed by atoms with Gasteiger partial charge in [-0.1, -0.05) is 24.3 Å². The maximum absolute atomic E-state index is 11.7. The zero-order valence-corrected chi connectivity index (χ0v) is 13.6. The van der Waals surface area contributed by atoms with Crippen LogP contribution in [-0.4, -0.2) is 22.2 Å². The lowest BCUT2D eigenvalue weighted by Gasteiger charge is -2.13. The fourth-order valence-electron chi connectivity index (χ4n) is 2.76. The molecular weight excluding hydrogens is 332 g/mol. The maximum atomic E-state index is 11.7. The van der Waals surface area contributed by atoms with Crippen molar-refractivity contribution in [2.45, 2.75) is 0 Å². The van der Waals surface area contributed by atoms with Crippen LogP contribution < -0.4 is 11.5 Å². The van der Waals surface area contributed by atoms with E-state index in [2.05, 4.69) is 0 Å². The molecule has 0 radical (unpaired) electrons. The number of nitrogen functional groups attached to an aromatic ring is 2. The number of carboxylic acids is 2. The van der Waals surface area contributed by atoms with Crippen LogP contribution in [0.1, 0.15) is 20.7 Å². The van der Waals surface area contributed by atoms with E-state index < -0.39 is 11.9 Å². The molecule has 0 bridgehead atoms. The summed E-state index contributed by atoms with van der Waals surface area (Å²) < 4.78 is 0. The molecule has 0 aliphatic carbocycles. The number of nitrogens with two attached hydrogens (primary N) is 2. The summed E-state index contributed by atoms with van der Waals surface area (Å²) in [6.45, 7) is 0. The molecule has 6 nitrogen and oxygen atoms in total. The van der Waals surface area contributed by atoms with Crippen LogP contribution in [-0.2, 0) is 0 Å². The number of carboxylic acid groups (broad SMARTS) is 2. The molecule has 0 aromatic heterocycles. The average molecular weight is 348 g/mol. The Labute approximate surface area is 149 Å². The zero-order chi connectivity index (χ0) is 18.8. The molecule has 0 spiro atoms. The fourth-order valence-corrected chi connectivity index (χ4v) is 2.76. The molecule has 6 heteroatoms. The third-order valence-corrected chi connectivity index (χ3v) is 4.06. The molecule has 0 fully saturated rings. The minimum Gasteiger partial charge on any atom is -0.478 e. The van der Waals surface area contributed by atoms with Crippen LogP contribution >= 0.6 is 0 Å². The number of carbonyl (C=O) groups is 2. The van der Waals surface area contributed by atoms with E-state index in [1.807, 2.05) is 0 Å². The van der Waals surface area contributed by atoms with E-state index in [4.69, 9.17) is 11.5 Å². The number of anilines is 2. The Balaban J connectivity index is 2.31. The largest absolute Gasteiger partial charge is 0.478 e. The molecule has 0 saturated carbocycles. The molecule has 0 heterocycles. The van der Waals surface area contributed by atoms with Crippen LogP contribution in [0.2, 0.25) is 0 Å². The van der Waals surface area contributed by atoms with Gasteiger partial charge in [-0.15, -0.1) is 0 Å². The second-order valence-corrected chi connectivity index (χ2v) is 5.80. The number of benzene rings is 3. The van der Waals surface area contributed by atoms with E-state index in [-0.39, 0.29) is 11.1 Å². The third-order valence-electron chi connectivity index (χ3n) is 4.06. The molecule has 6 N–H and O–H groups in total. The molecule has 0 amide bonds. The van der Waals surface area contributed by atoms with Gasteiger partial charge in [-0.3, -0.25) is 0 Å². The standard InChI is InChI=1S/C20H16N2O4/c21-13-5-1-11(2-6-13)15-9-16(12-3-7-14(22)8-4-12)18(20(25)26)10-17(15)19(23)24/h1-10H,21-22H2,(H,23,24)(H,25,26). The predicted molar refractivity (Wildman–Crippen MR) is 100 cm³/mol. The van der Waals surface area contributed by atoms with Crippen molar-refractivity contribution in [3.8, 4) is 22.3 Å². The molecule has 0 aliphatic heterocycles. The van der Waals surface area contributed by atoms with E-state index in [9.17, 15) is 19.8 Å². The van der Waals surface area contributed by atoms with Crippen molar-refractivity contribution in [1.82, 2.24) is 0 Å². The molecule has 3 aromatic carbocycles. The van der Waals surface area contributed by atoms with Crippen molar-refractivity contribution in [2.75, 3.05) is 11.5 Å². The molecule has 26 heavy (non-hydrogen) atoms. The highest BCUT2D eigenvalue weighted by Gasteiger charge is 2.20. The minimum absolute atomic E-state index is 0.0913. The van der Waals surface area contributed by atoms with E-state index >= 15 is 0 Å². The highest BCUT2D eigenvalue weighted by atomic mass is 16.4. The van der Waals surface area contributed by atoms with Crippen molar-refractivity contribution in [3.63, 3.8) is 0 Å². The fraction of sp³-hybridized carbons (Fsp3) is 0. The summed E-state index contributed by atoms with van der Waals surface area (Å²) in [6.07, 6.45) is 0. The van der Waals surface area contributed by atoms with Gasteiger partial charge in [-0.2, -0.15) is 0 Å². The summed E-state index contributed by atoms with van der Waals surface area (Å²) in [7, 11) is 0. The summed E-state index contributed by atoms with van der Waals surface area (Å²) in [5.41, 5.74) is 14.4. The number of hydrogen-bond donors (Lipinski definition) is 4. The Hall–Kier alpha value is -3.80. The highest BCUT2D eigenvalue weighted by Crippen LogP contribution is 2.33. The van der Waals surface area contributed by atoms with Crippen molar-refractivity contribution >= 4 is 23.3 Å². The topological polar surface area (TPSA) is 127 Å². The molecule has 3 aromatic rings. The van der Waals surface area contributed by atoms with E-state index in [0.29, 0.717) is 33.6 Å². The normalized spacial score (nSPS) is 10.5. The Morgan fingerprint density at radius 3 is 1.27 bits per heavy atom. The van der Waals surface area contributed by atoms with Crippen molar-refractivity contribution < 1.29 is 19.8 Å². The van der Waals surface area contributed by atoms with Gasteiger partial charge in [0.25, 0.3) is 0 Å². The smallest absolute Gasteiger partial charge is 0.336 e. The Morgan fingerprint density at radius 2 is 0.962 bits per heavy atom. The second kappa shape index (κ2) is 6.60. The van der Waals surface area contributed by atoms with Crippen molar-refractivity contribution in [1.29, 1.82) is 0 Å². The maximum Gasteiger partial charge on any atom is 0.336 e. The van der Waals surface area contributed by atoms with Gasteiger partial charge in [0.1, 0.15) is 0 Å². The van der Waals surface area contributed by atoms with Crippen LogP contribution in [0.5, 0.6) is 0 Å². The van der Waals surface area contributed by atoms with Gasteiger partial charge < -0.3 is 21.7 Å². The van der Waals surface area contributed by atoms with E-state index in [0.717, 1.165) is 0 Å². The summed E-state index contributed by atoms with van der Waals surface area (Å²) in [6, 6.07) is 16.2. The van der Waals surface area contributed by atoms with E-state index in [1.165, 1.54) is 6.07 Å². The molecule has 0 atom stereocenters. The third kappa shape index (κ3) is 3.21. The first-order chi connectivity index (χ1) is 12.4. The summed E-state index contributed by atoms with van der Waals surface area (Å²) in [5.74, 6) is -2.41. The van der Waals surface area contributed by atoms with Gasteiger partial charge in [-0.05, 0) is 58.7 Å². The average Bonchev–Trinajstić information content (AvgIpc) is 2.62. The monoisotopic (exact) mass is 348 g/mol. The van der Waals surface area contributed by atoms with Gasteiger partial charge in [0.05, 0.1) is 11.1 Å². The molecule has 130 valence electrons. The van der Waals surface area contributed by atoms with Gasteiger partial charge in [0.15, 0.2) is 0 Å².